The van der Waals surface area contributed by atoms with Gasteiger partial charge in [0, 0.05) is 24.0 Å². The van der Waals surface area contributed by atoms with Crippen molar-refractivity contribution in [1.82, 2.24) is 10.3 Å². The molecule has 0 atom stereocenters. The number of hydrogen-bond acceptors (Lipinski definition) is 4. The molecule has 3 nitrogen and oxygen atoms in total. The van der Waals surface area contributed by atoms with Crippen LogP contribution in [0.5, 0.6) is 5.75 Å². The first-order valence-corrected chi connectivity index (χ1v) is 7.43. The number of phenolic OH excluding ortho intramolecular Hbond substituents is 1. The number of rotatable bonds is 4. The van der Waals surface area contributed by atoms with Crippen LogP contribution in [0.15, 0.2) is 41.8 Å². The number of benzene rings is 2. The van der Waals surface area contributed by atoms with Crippen molar-refractivity contribution in [3.63, 3.8) is 0 Å². The zero-order valence-electron chi connectivity index (χ0n) is 11.3. The fraction of sp³-hybridized carbons (Fsp3) is 0.188. The molecule has 1 heterocycles. The molecule has 2 aromatic carbocycles. The molecule has 1 aromatic heterocycles. The Morgan fingerprint density at radius 3 is 2.80 bits per heavy atom. The minimum atomic E-state index is 0.339. The quantitative estimate of drug-likeness (QED) is 0.769. The number of fused-ring (bicyclic) bond motifs is 1. The van der Waals surface area contributed by atoms with Crippen molar-refractivity contribution in [2.24, 2.45) is 0 Å². The minimum Gasteiger partial charge on any atom is -0.508 e. The first-order chi connectivity index (χ1) is 9.74. The molecule has 0 aliphatic rings. The highest BCUT2D eigenvalue weighted by atomic mass is 32.1. The molecule has 0 spiro atoms. The SMILES string of the molecule is Cc1nc(CNCc2c(O)ccc3ccccc23)cs1. The van der Waals surface area contributed by atoms with E-state index in [0.717, 1.165) is 27.0 Å². The van der Waals surface area contributed by atoms with Crippen molar-refractivity contribution in [3.8, 4) is 5.75 Å². The summed E-state index contributed by atoms with van der Waals surface area (Å²) in [5, 5.41) is 18.8. The molecule has 3 rings (SSSR count). The highest BCUT2D eigenvalue weighted by Crippen LogP contribution is 2.26. The Hall–Kier alpha value is -1.91. The second-order valence-electron chi connectivity index (χ2n) is 4.75. The molecule has 102 valence electrons. The molecule has 0 amide bonds. The lowest BCUT2D eigenvalue weighted by molar-refractivity contribution is 0.465. The first-order valence-electron chi connectivity index (χ1n) is 6.55. The topological polar surface area (TPSA) is 45.2 Å². The highest BCUT2D eigenvalue weighted by molar-refractivity contribution is 7.09. The molecule has 0 saturated carbocycles. The molecule has 0 bridgehead atoms. The number of aromatic hydroxyl groups is 1. The third-order valence-electron chi connectivity index (χ3n) is 3.29. The largest absolute Gasteiger partial charge is 0.508 e. The summed E-state index contributed by atoms with van der Waals surface area (Å²) in [6.07, 6.45) is 0. The minimum absolute atomic E-state index is 0.339. The van der Waals surface area contributed by atoms with Crippen LogP contribution in [0.3, 0.4) is 0 Å². The fourth-order valence-electron chi connectivity index (χ4n) is 2.32. The van der Waals surface area contributed by atoms with Crippen molar-refractivity contribution in [2.75, 3.05) is 0 Å². The molecule has 0 radical (unpaired) electrons. The second kappa shape index (κ2) is 5.61. The Kier molecular flexibility index (Phi) is 3.67. The van der Waals surface area contributed by atoms with Crippen LogP contribution in [-0.4, -0.2) is 10.1 Å². The van der Waals surface area contributed by atoms with Crippen LogP contribution < -0.4 is 5.32 Å². The Bertz CT molecular complexity index is 736. The zero-order valence-corrected chi connectivity index (χ0v) is 12.1. The third-order valence-corrected chi connectivity index (χ3v) is 4.11. The van der Waals surface area contributed by atoms with Crippen LogP contribution in [0, 0.1) is 6.92 Å². The van der Waals surface area contributed by atoms with Gasteiger partial charge in [-0.05, 0) is 23.8 Å². The molecule has 0 saturated heterocycles. The van der Waals surface area contributed by atoms with Gasteiger partial charge in [0.15, 0.2) is 0 Å². The van der Waals surface area contributed by atoms with E-state index in [-0.39, 0.29) is 0 Å². The van der Waals surface area contributed by atoms with Crippen molar-refractivity contribution in [3.05, 3.63) is 58.0 Å². The molecule has 4 heteroatoms. The van der Waals surface area contributed by atoms with E-state index in [1.807, 2.05) is 31.2 Å². The first kappa shape index (κ1) is 13.1. The summed E-state index contributed by atoms with van der Waals surface area (Å²) in [5.41, 5.74) is 1.99. The van der Waals surface area contributed by atoms with Crippen LogP contribution in [0.2, 0.25) is 0 Å². The summed E-state index contributed by atoms with van der Waals surface area (Å²) in [7, 11) is 0. The van der Waals surface area contributed by atoms with Gasteiger partial charge in [-0.2, -0.15) is 0 Å². The smallest absolute Gasteiger partial charge is 0.120 e. The number of hydrogen-bond donors (Lipinski definition) is 2. The van der Waals surface area contributed by atoms with Crippen molar-refractivity contribution < 1.29 is 5.11 Å². The van der Waals surface area contributed by atoms with Crippen LogP contribution in [0.25, 0.3) is 10.8 Å². The van der Waals surface area contributed by atoms with E-state index in [9.17, 15) is 5.11 Å². The zero-order chi connectivity index (χ0) is 13.9. The van der Waals surface area contributed by atoms with Gasteiger partial charge in [-0.1, -0.05) is 30.3 Å². The molecule has 0 unspecified atom stereocenters. The maximum atomic E-state index is 10.1. The molecule has 0 aliphatic heterocycles. The second-order valence-corrected chi connectivity index (χ2v) is 5.81. The van der Waals surface area contributed by atoms with Crippen molar-refractivity contribution in [1.29, 1.82) is 0 Å². The lowest BCUT2D eigenvalue weighted by Gasteiger charge is -2.09. The van der Waals surface area contributed by atoms with Crippen LogP contribution in [0.4, 0.5) is 0 Å². The van der Waals surface area contributed by atoms with Gasteiger partial charge in [0.25, 0.3) is 0 Å². The van der Waals surface area contributed by atoms with Crippen molar-refractivity contribution in [2.45, 2.75) is 20.0 Å². The summed E-state index contributed by atoms with van der Waals surface area (Å²) in [6.45, 7) is 3.35. The Balaban J connectivity index is 1.78. The molecule has 2 N–H and O–H groups in total. The molecule has 20 heavy (non-hydrogen) atoms. The molecule has 3 aromatic rings. The maximum Gasteiger partial charge on any atom is 0.120 e. The van der Waals surface area contributed by atoms with E-state index in [4.69, 9.17) is 0 Å². The monoisotopic (exact) mass is 284 g/mol. The maximum absolute atomic E-state index is 10.1. The van der Waals surface area contributed by atoms with Gasteiger partial charge in [-0.3, -0.25) is 0 Å². The van der Waals surface area contributed by atoms with Gasteiger partial charge >= 0.3 is 0 Å². The van der Waals surface area contributed by atoms with Crippen molar-refractivity contribution >= 4 is 22.1 Å². The average Bonchev–Trinajstić information content (AvgIpc) is 2.87. The summed E-state index contributed by atoms with van der Waals surface area (Å²) < 4.78 is 0. The predicted molar refractivity (Wildman–Crippen MR) is 83.0 cm³/mol. The fourth-order valence-corrected chi connectivity index (χ4v) is 2.93. The van der Waals surface area contributed by atoms with E-state index in [1.165, 1.54) is 0 Å². The average molecular weight is 284 g/mol. The summed E-state index contributed by atoms with van der Waals surface area (Å²) in [4.78, 5) is 4.42. The Morgan fingerprint density at radius 1 is 1.15 bits per heavy atom. The van der Waals surface area contributed by atoms with E-state index < -0.39 is 0 Å². The summed E-state index contributed by atoms with van der Waals surface area (Å²) >= 11 is 1.66. The lowest BCUT2D eigenvalue weighted by atomic mass is 10.0. The standard InChI is InChI=1S/C16H16N2OS/c1-11-18-13(10-20-11)8-17-9-15-14-5-3-2-4-12(14)6-7-16(15)19/h2-7,10,17,19H,8-9H2,1H3. The molecule has 0 fully saturated rings. The van der Waals surface area contributed by atoms with E-state index in [2.05, 4.69) is 21.7 Å². The summed E-state index contributed by atoms with van der Waals surface area (Å²) in [6, 6.07) is 11.8. The van der Waals surface area contributed by atoms with Crippen LogP contribution in [-0.2, 0) is 13.1 Å². The highest BCUT2D eigenvalue weighted by Gasteiger charge is 2.06. The number of nitrogens with zero attached hydrogens (tertiary/aromatic N) is 1. The predicted octanol–water partition coefficient (Wildman–Crippen LogP) is 3.60. The van der Waals surface area contributed by atoms with Gasteiger partial charge in [0.1, 0.15) is 5.75 Å². The lowest BCUT2D eigenvalue weighted by Crippen LogP contribution is -2.13. The summed E-state index contributed by atoms with van der Waals surface area (Å²) in [5.74, 6) is 0.339. The number of nitrogens with one attached hydrogen (secondary N) is 1. The van der Waals surface area contributed by atoms with Crippen LogP contribution in [0.1, 0.15) is 16.3 Å². The number of aromatic nitrogens is 1. The molecule has 0 aliphatic carbocycles. The number of phenols is 1. The Labute approximate surface area is 121 Å². The van der Waals surface area contributed by atoms with E-state index in [1.54, 1.807) is 17.4 Å². The van der Waals surface area contributed by atoms with Gasteiger partial charge < -0.3 is 10.4 Å². The number of thiazole rings is 1. The third kappa shape index (κ3) is 2.66. The van der Waals surface area contributed by atoms with Gasteiger partial charge in [-0.25, -0.2) is 4.98 Å². The Morgan fingerprint density at radius 2 is 2.00 bits per heavy atom. The van der Waals surface area contributed by atoms with Gasteiger partial charge in [0.2, 0.25) is 0 Å². The van der Waals surface area contributed by atoms with Crippen LogP contribution >= 0.6 is 11.3 Å². The van der Waals surface area contributed by atoms with E-state index in [0.29, 0.717) is 18.8 Å². The molecular weight excluding hydrogens is 268 g/mol. The number of aryl methyl sites for hydroxylation is 1. The van der Waals surface area contributed by atoms with Gasteiger partial charge in [0.05, 0.1) is 10.7 Å². The van der Waals surface area contributed by atoms with Gasteiger partial charge in [-0.15, -0.1) is 11.3 Å². The molecular formula is C16H16N2OS. The normalized spacial score (nSPS) is 11.1. The van der Waals surface area contributed by atoms with E-state index >= 15 is 0 Å².